The predicted octanol–water partition coefficient (Wildman–Crippen LogP) is 0.520. The summed E-state index contributed by atoms with van der Waals surface area (Å²) in [6.07, 6.45) is 2.47. The summed E-state index contributed by atoms with van der Waals surface area (Å²) in [5.74, 6) is -0.211. The van der Waals surface area contributed by atoms with Crippen LogP contribution in [0.5, 0.6) is 0 Å². The van der Waals surface area contributed by atoms with Crippen LogP contribution in [0.25, 0.3) is 0 Å². The standard InChI is InChI=1S/C14H14N4O2/c19-13-9-16-11(8-17-13)14(20)18-6-5-15-7-10-3-1-2-4-12(10)18/h1-4,8-9,15H,5-7H2,(H,17,19). The molecule has 3 rings (SSSR count). The van der Waals surface area contributed by atoms with E-state index in [1.807, 2.05) is 24.3 Å². The maximum absolute atomic E-state index is 12.5. The van der Waals surface area contributed by atoms with Crippen molar-refractivity contribution in [1.82, 2.24) is 15.3 Å². The van der Waals surface area contributed by atoms with Gasteiger partial charge < -0.3 is 15.2 Å². The molecule has 1 amide bonds. The second-order valence-electron chi connectivity index (χ2n) is 4.56. The van der Waals surface area contributed by atoms with Crippen LogP contribution in [0.15, 0.2) is 41.5 Å². The predicted molar refractivity (Wildman–Crippen MR) is 74.7 cm³/mol. The lowest BCUT2D eigenvalue weighted by molar-refractivity contribution is 0.0982. The Morgan fingerprint density at radius 3 is 2.95 bits per heavy atom. The van der Waals surface area contributed by atoms with Crippen LogP contribution in [0, 0.1) is 0 Å². The summed E-state index contributed by atoms with van der Waals surface area (Å²) >= 11 is 0. The Bertz CT molecular complexity index is 675. The van der Waals surface area contributed by atoms with E-state index in [2.05, 4.69) is 15.3 Å². The lowest BCUT2D eigenvalue weighted by atomic mass is 10.1. The average molecular weight is 270 g/mol. The van der Waals surface area contributed by atoms with E-state index in [0.29, 0.717) is 13.1 Å². The molecule has 6 nitrogen and oxygen atoms in total. The maximum atomic E-state index is 12.5. The van der Waals surface area contributed by atoms with Gasteiger partial charge in [-0.3, -0.25) is 9.59 Å². The Labute approximate surface area is 115 Å². The molecule has 2 heterocycles. The second-order valence-corrected chi connectivity index (χ2v) is 4.56. The lowest BCUT2D eigenvalue weighted by Crippen LogP contribution is -2.35. The summed E-state index contributed by atoms with van der Waals surface area (Å²) in [6, 6.07) is 7.78. The monoisotopic (exact) mass is 270 g/mol. The van der Waals surface area contributed by atoms with E-state index in [0.717, 1.165) is 24.0 Å². The molecule has 102 valence electrons. The van der Waals surface area contributed by atoms with Crippen molar-refractivity contribution in [2.45, 2.75) is 6.54 Å². The zero-order valence-corrected chi connectivity index (χ0v) is 10.8. The van der Waals surface area contributed by atoms with E-state index in [1.54, 1.807) is 4.90 Å². The molecular formula is C14H14N4O2. The smallest absolute Gasteiger partial charge is 0.278 e. The van der Waals surface area contributed by atoms with Gasteiger partial charge in [0.25, 0.3) is 11.5 Å². The number of fused-ring (bicyclic) bond motifs is 1. The molecule has 1 aromatic carbocycles. The molecule has 2 N–H and O–H groups in total. The van der Waals surface area contributed by atoms with Gasteiger partial charge in [-0.2, -0.15) is 0 Å². The van der Waals surface area contributed by atoms with Gasteiger partial charge in [-0.1, -0.05) is 18.2 Å². The number of hydrogen-bond donors (Lipinski definition) is 2. The Balaban J connectivity index is 1.99. The zero-order chi connectivity index (χ0) is 13.9. The highest BCUT2D eigenvalue weighted by Gasteiger charge is 2.22. The van der Waals surface area contributed by atoms with Crippen molar-refractivity contribution in [2.75, 3.05) is 18.0 Å². The molecule has 1 aliphatic heterocycles. The minimum atomic E-state index is -0.320. The normalized spacial score (nSPS) is 14.5. The number of para-hydroxylation sites is 1. The molecular weight excluding hydrogens is 256 g/mol. The Morgan fingerprint density at radius 1 is 1.30 bits per heavy atom. The van der Waals surface area contributed by atoms with Crippen molar-refractivity contribution in [1.29, 1.82) is 0 Å². The summed E-state index contributed by atoms with van der Waals surface area (Å²) in [6.45, 7) is 2.01. The number of carbonyl (C=O) groups excluding carboxylic acids is 1. The molecule has 20 heavy (non-hydrogen) atoms. The van der Waals surface area contributed by atoms with Gasteiger partial charge in [-0.15, -0.1) is 0 Å². The van der Waals surface area contributed by atoms with Crippen LogP contribution in [0.4, 0.5) is 5.69 Å². The number of aromatic nitrogens is 2. The average Bonchev–Trinajstić information content (AvgIpc) is 2.69. The van der Waals surface area contributed by atoms with Gasteiger partial charge in [-0.25, -0.2) is 4.98 Å². The van der Waals surface area contributed by atoms with Crippen LogP contribution in [0.1, 0.15) is 16.1 Å². The van der Waals surface area contributed by atoms with Crippen molar-refractivity contribution in [3.63, 3.8) is 0 Å². The van der Waals surface area contributed by atoms with Crippen molar-refractivity contribution >= 4 is 11.6 Å². The molecule has 6 heteroatoms. The van der Waals surface area contributed by atoms with Gasteiger partial charge in [0.15, 0.2) is 0 Å². The molecule has 0 saturated carbocycles. The second kappa shape index (κ2) is 5.26. The van der Waals surface area contributed by atoms with E-state index in [4.69, 9.17) is 0 Å². The minimum absolute atomic E-state index is 0.211. The number of nitrogens with zero attached hydrogens (tertiary/aromatic N) is 2. The van der Waals surface area contributed by atoms with Crippen LogP contribution >= 0.6 is 0 Å². The number of nitrogens with one attached hydrogen (secondary N) is 2. The summed E-state index contributed by atoms with van der Waals surface area (Å²) in [4.78, 5) is 31.6. The first-order valence-corrected chi connectivity index (χ1v) is 6.41. The topological polar surface area (TPSA) is 78.1 Å². The number of anilines is 1. The molecule has 0 fully saturated rings. The van der Waals surface area contributed by atoms with Gasteiger partial charge >= 0.3 is 0 Å². The van der Waals surface area contributed by atoms with Crippen molar-refractivity contribution < 1.29 is 4.79 Å². The largest absolute Gasteiger partial charge is 0.325 e. The molecule has 0 radical (unpaired) electrons. The third-order valence-corrected chi connectivity index (χ3v) is 3.25. The van der Waals surface area contributed by atoms with Gasteiger partial charge in [0.2, 0.25) is 0 Å². The molecule has 0 bridgehead atoms. The Kier molecular flexibility index (Phi) is 3.30. The first-order chi connectivity index (χ1) is 9.75. The molecule has 0 atom stereocenters. The van der Waals surface area contributed by atoms with Crippen molar-refractivity contribution in [2.24, 2.45) is 0 Å². The fourth-order valence-electron chi connectivity index (χ4n) is 2.27. The van der Waals surface area contributed by atoms with Crippen LogP contribution in [-0.4, -0.2) is 29.0 Å². The molecule has 0 aliphatic carbocycles. The number of rotatable bonds is 1. The van der Waals surface area contributed by atoms with Gasteiger partial charge in [0.05, 0.1) is 6.20 Å². The number of benzene rings is 1. The third-order valence-electron chi connectivity index (χ3n) is 3.25. The van der Waals surface area contributed by atoms with Gasteiger partial charge in [0.1, 0.15) is 5.69 Å². The van der Waals surface area contributed by atoms with E-state index in [1.165, 1.54) is 6.20 Å². The molecule has 0 spiro atoms. The van der Waals surface area contributed by atoms with E-state index >= 15 is 0 Å². The van der Waals surface area contributed by atoms with Crippen LogP contribution in [-0.2, 0) is 6.54 Å². The number of hydrogen-bond acceptors (Lipinski definition) is 4. The highest BCUT2D eigenvalue weighted by Crippen LogP contribution is 2.23. The Hall–Kier alpha value is -2.47. The Morgan fingerprint density at radius 2 is 2.15 bits per heavy atom. The lowest BCUT2D eigenvalue weighted by Gasteiger charge is -2.21. The maximum Gasteiger partial charge on any atom is 0.278 e. The van der Waals surface area contributed by atoms with Crippen LogP contribution in [0.2, 0.25) is 0 Å². The highest BCUT2D eigenvalue weighted by molar-refractivity contribution is 6.05. The molecule has 0 saturated heterocycles. The molecule has 1 aliphatic rings. The SMILES string of the molecule is O=C(c1c[nH]c(=O)cn1)N1CCNCc2ccccc21. The van der Waals surface area contributed by atoms with Crippen molar-refractivity contribution in [3.05, 3.63) is 58.3 Å². The quantitative estimate of drug-likeness (QED) is 0.792. The van der Waals surface area contributed by atoms with Crippen molar-refractivity contribution in [3.8, 4) is 0 Å². The van der Waals surface area contributed by atoms with Gasteiger partial charge in [-0.05, 0) is 11.6 Å². The molecule has 2 aromatic rings. The fraction of sp³-hybridized carbons (Fsp3) is 0.214. The zero-order valence-electron chi connectivity index (χ0n) is 10.8. The number of amides is 1. The number of H-pyrrole nitrogens is 1. The number of aromatic amines is 1. The van der Waals surface area contributed by atoms with E-state index in [-0.39, 0.29) is 17.2 Å². The summed E-state index contributed by atoms with van der Waals surface area (Å²) in [5, 5.41) is 3.28. The van der Waals surface area contributed by atoms with E-state index < -0.39 is 0 Å². The van der Waals surface area contributed by atoms with Crippen LogP contribution < -0.4 is 15.8 Å². The molecule has 1 aromatic heterocycles. The van der Waals surface area contributed by atoms with E-state index in [9.17, 15) is 9.59 Å². The summed E-state index contributed by atoms with van der Waals surface area (Å²) in [5.41, 5.74) is 1.87. The molecule has 0 unspecified atom stereocenters. The van der Waals surface area contributed by atoms with Crippen LogP contribution in [0.3, 0.4) is 0 Å². The highest BCUT2D eigenvalue weighted by atomic mass is 16.2. The summed E-state index contributed by atoms with van der Waals surface area (Å²) < 4.78 is 0. The van der Waals surface area contributed by atoms with Gasteiger partial charge in [0, 0.05) is 31.5 Å². The first kappa shape index (κ1) is 12.6. The number of carbonyl (C=O) groups is 1. The third kappa shape index (κ3) is 2.33. The minimum Gasteiger partial charge on any atom is -0.325 e. The summed E-state index contributed by atoms with van der Waals surface area (Å²) in [7, 11) is 0. The fourth-order valence-corrected chi connectivity index (χ4v) is 2.27. The first-order valence-electron chi connectivity index (χ1n) is 6.41.